The molecule has 1 fully saturated rings. The number of nitrogens with zero attached hydrogens (tertiary/aromatic N) is 3. The van der Waals surface area contributed by atoms with Gasteiger partial charge in [0, 0.05) is 43.5 Å². The molecule has 3 N–H and O–H groups in total. The van der Waals surface area contributed by atoms with Crippen molar-refractivity contribution >= 4 is 23.5 Å². The molecule has 1 saturated heterocycles. The van der Waals surface area contributed by atoms with Gasteiger partial charge in [0.1, 0.15) is 0 Å². The summed E-state index contributed by atoms with van der Waals surface area (Å²) in [4.78, 5) is 30.8. The lowest BCUT2D eigenvalue weighted by atomic mass is 10.1. The second-order valence-corrected chi connectivity index (χ2v) is 7.11. The first-order valence-corrected chi connectivity index (χ1v) is 9.33. The van der Waals surface area contributed by atoms with Crippen molar-refractivity contribution in [2.75, 3.05) is 30.3 Å². The van der Waals surface area contributed by atoms with E-state index in [1.165, 1.54) is 17.2 Å². The van der Waals surface area contributed by atoms with Crippen molar-refractivity contribution < 1.29 is 19.1 Å². The second-order valence-electron chi connectivity index (χ2n) is 7.11. The van der Waals surface area contributed by atoms with E-state index in [1.807, 2.05) is 18.7 Å². The maximum atomic E-state index is 14.9. The number of pyridine rings is 1. The van der Waals surface area contributed by atoms with E-state index in [4.69, 9.17) is 5.11 Å². The molecule has 3 amide bonds. The zero-order chi connectivity index (χ0) is 21.0. The number of rotatable bonds is 4. The minimum Gasteiger partial charge on any atom is -0.465 e. The van der Waals surface area contributed by atoms with Gasteiger partial charge in [-0.25, -0.2) is 14.0 Å². The number of anilines is 2. The topological polar surface area (TPSA) is 97.8 Å². The molecule has 1 aromatic carbocycles. The first kappa shape index (κ1) is 20.5. The molecule has 0 aliphatic carbocycles. The number of hydrogen-bond donors (Lipinski definition) is 3. The van der Waals surface area contributed by atoms with Crippen LogP contribution in [-0.2, 0) is 6.54 Å². The Bertz CT molecular complexity index is 890. The molecule has 0 radical (unpaired) electrons. The molecular formula is C20H24FN5O3. The van der Waals surface area contributed by atoms with Gasteiger partial charge in [-0.1, -0.05) is 12.1 Å². The number of amides is 3. The Morgan fingerprint density at radius 1 is 1.24 bits per heavy atom. The third-order valence-electron chi connectivity index (χ3n) is 4.85. The quantitative estimate of drug-likeness (QED) is 0.730. The third kappa shape index (κ3) is 5.20. The standard InChI is InChI=1S/C20H24FN5O3/c1-13-6-7-16(10-22-13)23-19(27)24-17-5-3-4-15(18(17)21)12-25-8-9-26(20(28)29)14(2)11-25/h3-7,10,14H,8-9,11-12H2,1-2H3,(H,28,29)(H2,23,24,27). The van der Waals surface area contributed by atoms with Gasteiger partial charge in [0.2, 0.25) is 0 Å². The van der Waals surface area contributed by atoms with Gasteiger partial charge >= 0.3 is 12.1 Å². The largest absolute Gasteiger partial charge is 0.465 e. The SMILES string of the molecule is Cc1ccc(NC(=O)Nc2cccc(CN3CCN(C(=O)O)C(C)C3)c2F)cn1. The van der Waals surface area contributed by atoms with E-state index in [-0.39, 0.29) is 11.7 Å². The number of piperazine rings is 1. The number of carbonyl (C=O) groups excluding carboxylic acids is 1. The first-order valence-electron chi connectivity index (χ1n) is 9.33. The molecule has 1 atom stereocenters. The van der Waals surface area contributed by atoms with Gasteiger partial charge < -0.3 is 20.6 Å². The summed E-state index contributed by atoms with van der Waals surface area (Å²) >= 11 is 0. The summed E-state index contributed by atoms with van der Waals surface area (Å²) in [5, 5.41) is 14.3. The summed E-state index contributed by atoms with van der Waals surface area (Å²) in [6.07, 6.45) is 0.587. The molecule has 0 spiro atoms. The van der Waals surface area contributed by atoms with Gasteiger partial charge in [0.05, 0.1) is 17.6 Å². The Balaban J connectivity index is 1.62. The van der Waals surface area contributed by atoms with Crippen LogP contribution in [0.1, 0.15) is 18.2 Å². The average Bonchev–Trinajstić information content (AvgIpc) is 2.66. The predicted molar refractivity (Wildman–Crippen MR) is 107 cm³/mol. The highest BCUT2D eigenvalue weighted by Gasteiger charge is 2.27. The van der Waals surface area contributed by atoms with E-state index < -0.39 is 17.9 Å². The summed E-state index contributed by atoms with van der Waals surface area (Å²) in [7, 11) is 0. The number of hydrogen-bond acceptors (Lipinski definition) is 4. The Labute approximate surface area is 168 Å². The molecule has 3 rings (SSSR count). The van der Waals surface area contributed by atoms with E-state index in [2.05, 4.69) is 15.6 Å². The molecule has 1 aliphatic rings. The number of benzene rings is 1. The van der Waals surface area contributed by atoms with E-state index in [9.17, 15) is 14.0 Å². The van der Waals surface area contributed by atoms with Gasteiger partial charge in [0.25, 0.3) is 0 Å². The molecule has 1 unspecified atom stereocenters. The van der Waals surface area contributed by atoms with E-state index in [0.29, 0.717) is 37.4 Å². The highest BCUT2D eigenvalue weighted by molar-refractivity contribution is 5.99. The summed E-state index contributed by atoms with van der Waals surface area (Å²) in [5.41, 5.74) is 1.86. The minimum atomic E-state index is -0.940. The van der Waals surface area contributed by atoms with Crippen molar-refractivity contribution in [1.82, 2.24) is 14.8 Å². The van der Waals surface area contributed by atoms with Crippen LogP contribution in [-0.4, -0.2) is 57.7 Å². The Hall–Kier alpha value is -3.20. The van der Waals surface area contributed by atoms with Crippen LogP contribution in [0, 0.1) is 12.7 Å². The summed E-state index contributed by atoms with van der Waals surface area (Å²) < 4.78 is 14.9. The van der Waals surface area contributed by atoms with Gasteiger partial charge in [-0.2, -0.15) is 0 Å². The van der Waals surface area contributed by atoms with Crippen molar-refractivity contribution in [3.63, 3.8) is 0 Å². The van der Waals surface area contributed by atoms with Crippen molar-refractivity contribution in [1.29, 1.82) is 0 Å². The molecule has 1 aromatic heterocycles. The smallest absolute Gasteiger partial charge is 0.407 e. The molecule has 2 heterocycles. The summed E-state index contributed by atoms with van der Waals surface area (Å²) in [6.45, 7) is 5.43. The van der Waals surface area contributed by atoms with Crippen LogP contribution in [0.5, 0.6) is 0 Å². The van der Waals surface area contributed by atoms with Crippen LogP contribution in [0.2, 0.25) is 0 Å². The Kier molecular flexibility index (Phi) is 6.28. The normalized spacial score (nSPS) is 17.1. The van der Waals surface area contributed by atoms with Crippen LogP contribution in [0.25, 0.3) is 0 Å². The number of carboxylic acid groups (broad SMARTS) is 1. The highest BCUT2D eigenvalue weighted by Crippen LogP contribution is 2.21. The monoisotopic (exact) mass is 401 g/mol. The Morgan fingerprint density at radius 3 is 2.69 bits per heavy atom. The average molecular weight is 401 g/mol. The molecule has 2 aromatic rings. The lowest BCUT2D eigenvalue weighted by molar-refractivity contribution is 0.0707. The predicted octanol–water partition coefficient (Wildman–Crippen LogP) is 3.36. The number of carbonyl (C=O) groups is 2. The third-order valence-corrected chi connectivity index (χ3v) is 4.85. The zero-order valence-corrected chi connectivity index (χ0v) is 16.4. The summed E-state index contributed by atoms with van der Waals surface area (Å²) in [6, 6.07) is 7.59. The fourth-order valence-electron chi connectivity index (χ4n) is 3.33. The highest BCUT2D eigenvalue weighted by atomic mass is 19.1. The lowest BCUT2D eigenvalue weighted by Crippen LogP contribution is -2.53. The molecule has 1 aliphatic heterocycles. The van der Waals surface area contributed by atoms with Crippen LogP contribution < -0.4 is 10.6 Å². The lowest BCUT2D eigenvalue weighted by Gasteiger charge is -2.38. The van der Waals surface area contributed by atoms with Gasteiger partial charge in [-0.05, 0) is 32.0 Å². The van der Waals surface area contributed by atoms with Crippen LogP contribution in [0.3, 0.4) is 0 Å². The van der Waals surface area contributed by atoms with Gasteiger partial charge in [0.15, 0.2) is 5.82 Å². The number of urea groups is 1. The number of aromatic nitrogens is 1. The maximum Gasteiger partial charge on any atom is 0.407 e. The van der Waals surface area contributed by atoms with E-state index in [0.717, 1.165) is 5.69 Å². The fraction of sp³-hybridized carbons (Fsp3) is 0.350. The molecule has 29 heavy (non-hydrogen) atoms. The number of nitrogens with one attached hydrogen (secondary N) is 2. The van der Waals surface area contributed by atoms with Crippen LogP contribution >= 0.6 is 0 Å². The molecule has 0 bridgehead atoms. The fourth-order valence-corrected chi connectivity index (χ4v) is 3.33. The van der Waals surface area contributed by atoms with Crippen molar-refractivity contribution in [2.45, 2.75) is 26.4 Å². The number of aryl methyl sites for hydroxylation is 1. The Morgan fingerprint density at radius 2 is 2.03 bits per heavy atom. The van der Waals surface area contributed by atoms with E-state index in [1.54, 1.807) is 24.3 Å². The summed E-state index contributed by atoms with van der Waals surface area (Å²) in [5.74, 6) is -0.502. The molecular weight excluding hydrogens is 377 g/mol. The van der Waals surface area contributed by atoms with E-state index >= 15 is 0 Å². The van der Waals surface area contributed by atoms with Gasteiger partial charge in [-0.3, -0.25) is 9.88 Å². The maximum absolute atomic E-state index is 14.9. The second kappa shape index (κ2) is 8.87. The van der Waals surface area contributed by atoms with Crippen molar-refractivity contribution in [2.24, 2.45) is 0 Å². The molecule has 8 nitrogen and oxygen atoms in total. The van der Waals surface area contributed by atoms with Crippen LogP contribution in [0.4, 0.5) is 25.4 Å². The molecule has 154 valence electrons. The van der Waals surface area contributed by atoms with Crippen molar-refractivity contribution in [3.8, 4) is 0 Å². The minimum absolute atomic E-state index is 0.0808. The van der Waals surface area contributed by atoms with Crippen molar-refractivity contribution in [3.05, 3.63) is 53.6 Å². The zero-order valence-electron chi connectivity index (χ0n) is 16.4. The van der Waals surface area contributed by atoms with Gasteiger partial charge in [-0.15, -0.1) is 0 Å². The van der Waals surface area contributed by atoms with Crippen LogP contribution in [0.15, 0.2) is 36.5 Å². The molecule has 0 saturated carbocycles. The first-order chi connectivity index (χ1) is 13.8. The number of halogens is 1. The molecule has 9 heteroatoms.